The molecule has 0 aliphatic rings. The Balaban J connectivity index is 3.23. The van der Waals surface area contributed by atoms with E-state index in [1.54, 1.807) is 22.6 Å². The predicted molar refractivity (Wildman–Crippen MR) is 43.5 cm³/mol. The van der Waals surface area contributed by atoms with Crippen LogP contribution in [0, 0.1) is 9.52 Å². The van der Waals surface area contributed by atoms with Gasteiger partial charge in [-0.15, -0.1) is 0 Å². The number of aromatic hydroxyl groups is 1. The van der Waals surface area contributed by atoms with Crippen LogP contribution in [0.1, 0.15) is 12.1 Å². The van der Waals surface area contributed by atoms with Crippen LogP contribution in [0.15, 0.2) is 6.07 Å². The molecule has 1 heterocycles. The van der Waals surface area contributed by atoms with E-state index in [1.165, 1.54) is 0 Å². The van der Waals surface area contributed by atoms with E-state index in [1.807, 2.05) is 0 Å². The summed E-state index contributed by atoms with van der Waals surface area (Å²) in [6, 6.07) is 0.907. The third-order valence-electron chi connectivity index (χ3n) is 1.15. The average molecular weight is 289 g/mol. The minimum Gasteiger partial charge on any atom is -0.506 e. The minimum atomic E-state index is -2.96. The molecule has 0 aliphatic heterocycles. The quantitative estimate of drug-likeness (QED) is 0.636. The van der Waals surface area contributed by atoms with Crippen molar-refractivity contribution in [2.24, 2.45) is 0 Å². The van der Waals surface area contributed by atoms with Gasteiger partial charge in [0, 0.05) is 0 Å². The Bertz CT molecular complexity index is 305. The Morgan fingerprint density at radius 2 is 2.08 bits per heavy atom. The summed E-state index contributed by atoms with van der Waals surface area (Å²) in [5, 5.41) is 8.87. The van der Waals surface area contributed by atoms with Crippen LogP contribution in [0.25, 0.3) is 0 Å². The van der Waals surface area contributed by atoms with Crippen molar-refractivity contribution in [1.29, 1.82) is 0 Å². The van der Waals surface area contributed by atoms with Crippen LogP contribution in [0.2, 0.25) is 0 Å². The highest BCUT2D eigenvalue weighted by Crippen LogP contribution is 2.27. The van der Waals surface area contributed by atoms with Crippen LogP contribution in [-0.2, 0) is 0 Å². The van der Waals surface area contributed by atoms with E-state index in [4.69, 9.17) is 5.11 Å². The maximum Gasteiger partial charge on any atom is 0.284 e. The van der Waals surface area contributed by atoms with Gasteiger partial charge in [-0.2, -0.15) is 4.39 Å². The lowest BCUT2D eigenvalue weighted by Crippen LogP contribution is -1.96. The van der Waals surface area contributed by atoms with Crippen LogP contribution >= 0.6 is 22.6 Å². The van der Waals surface area contributed by atoms with Gasteiger partial charge in [-0.3, -0.25) is 0 Å². The van der Waals surface area contributed by atoms with E-state index in [2.05, 4.69) is 4.98 Å². The normalized spacial score (nSPS) is 10.8. The zero-order valence-corrected chi connectivity index (χ0v) is 7.72. The number of aromatic nitrogens is 1. The fourth-order valence-electron chi connectivity index (χ4n) is 0.631. The Morgan fingerprint density at radius 1 is 1.50 bits per heavy atom. The molecule has 0 fully saturated rings. The molecule has 0 bridgehead atoms. The fourth-order valence-corrected chi connectivity index (χ4v) is 1.05. The van der Waals surface area contributed by atoms with Gasteiger partial charge >= 0.3 is 0 Å². The molecule has 0 unspecified atom stereocenters. The first-order chi connectivity index (χ1) is 5.52. The Hall–Kier alpha value is -0.530. The van der Waals surface area contributed by atoms with E-state index in [-0.39, 0.29) is 3.57 Å². The number of rotatable bonds is 1. The van der Waals surface area contributed by atoms with Gasteiger partial charge in [0.2, 0.25) is 5.95 Å². The smallest absolute Gasteiger partial charge is 0.284 e. The summed E-state index contributed by atoms with van der Waals surface area (Å²) in [7, 11) is 0. The summed E-state index contributed by atoms with van der Waals surface area (Å²) in [5.41, 5.74) is -0.923. The van der Waals surface area contributed by atoms with E-state index >= 15 is 0 Å². The summed E-state index contributed by atoms with van der Waals surface area (Å²) in [6.45, 7) is 0. The summed E-state index contributed by atoms with van der Waals surface area (Å²) in [6.07, 6.45) is -2.96. The molecule has 2 nitrogen and oxygen atoms in total. The molecule has 1 aromatic rings. The molecule has 0 amide bonds. The first kappa shape index (κ1) is 9.56. The second-order valence-electron chi connectivity index (χ2n) is 1.97. The molecule has 1 aromatic heterocycles. The number of nitrogens with zero attached hydrogens (tertiary/aromatic N) is 1. The van der Waals surface area contributed by atoms with Gasteiger partial charge in [0.25, 0.3) is 6.43 Å². The second kappa shape index (κ2) is 3.46. The summed E-state index contributed by atoms with van der Waals surface area (Å²) < 4.78 is 36.5. The van der Waals surface area contributed by atoms with Crippen molar-refractivity contribution in [3.05, 3.63) is 21.3 Å². The SMILES string of the molecule is Oc1cc(I)c(F)nc1C(F)F. The first-order valence-electron chi connectivity index (χ1n) is 2.85. The fraction of sp³-hybridized carbons (Fsp3) is 0.167. The Labute approximate surface area is 79.6 Å². The Morgan fingerprint density at radius 3 is 2.58 bits per heavy atom. The highest BCUT2D eigenvalue weighted by atomic mass is 127. The molecule has 1 N–H and O–H groups in total. The third-order valence-corrected chi connectivity index (χ3v) is 1.90. The highest BCUT2D eigenvalue weighted by molar-refractivity contribution is 14.1. The van der Waals surface area contributed by atoms with Crippen LogP contribution in [-0.4, -0.2) is 10.1 Å². The van der Waals surface area contributed by atoms with Crippen LogP contribution in [0.3, 0.4) is 0 Å². The minimum absolute atomic E-state index is 0.00880. The summed E-state index contributed by atoms with van der Waals surface area (Å²) in [4.78, 5) is 2.90. The molecular formula is C6H3F3INO. The van der Waals surface area contributed by atoms with Crippen LogP contribution in [0.5, 0.6) is 5.75 Å². The molecule has 0 saturated heterocycles. The number of halogens is 4. The van der Waals surface area contributed by atoms with Crippen LogP contribution in [0.4, 0.5) is 13.2 Å². The van der Waals surface area contributed by atoms with Crippen molar-refractivity contribution in [2.75, 3.05) is 0 Å². The monoisotopic (exact) mass is 289 g/mol. The van der Waals surface area contributed by atoms with E-state index in [0.29, 0.717) is 0 Å². The van der Waals surface area contributed by atoms with Gasteiger partial charge in [-0.1, -0.05) is 0 Å². The summed E-state index contributed by atoms with van der Waals surface area (Å²) >= 11 is 1.55. The van der Waals surface area contributed by atoms with Crippen molar-refractivity contribution in [2.45, 2.75) is 6.43 Å². The molecule has 1 rings (SSSR count). The summed E-state index contributed by atoms with van der Waals surface area (Å²) in [5.74, 6) is -1.68. The zero-order chi connectivity index (χ0) is 9.30. The molecule has 0 saturated carbocycles. The molecule has 12 heavy (non-hydrogen) atoms. The number of pyridine rings is 1. The second-order valence-corrected chi connectivity index (χ2v) is 3.13. The molecule has 0 radical (unpaired) electrons. The lowest BCUT2D eigenvalue weighted by molar-refractivity contribution is 0.140. The Kier molecular flexibility index (Phi) is 2.76. The lowest BCUT2D eigenvalue weighted by Gasteiger charge is -2.02. The van der Waals surface area contributed by atoms with Crippen molar-refractivity contribution in [3.8, 4) is 5.75 Å². The van der Waals surface area contributed by atoms with E-state index in [0.717, 1.165) is 6.07 Å². The first-order valence-corrected chi connectivity index (χ1v) is 3.93. The van der Waals surface area contributed by atoms with Gasteiger partial charge in [-0.25, -0.2) is 13.8 Å². The maximum atomic E-state index is 12.6. The molecule has 0 aliphatic carbocycles. The van der Waals surface area contributed by atoms with Gasteiger partial charge in [0.05, 0.1) is 3.57 Å². The van der Waals surface area contributed by atoms with Gasteiger partial charge < -0.3 is 5.11 Å². The van der Waals surface area contributed by atoms with E-state index < -0.39 is 23.8 Å². The molecular weight excluding hydrogens is 286 g/mol. The van der Waals surface area contributed by atoms with Gasteiger partial charge in [0.1, 0.15) is 5.75 Å². The van der Waals surface area contributed by atoms with E-state index in [9.17, 15) is 13.2 Å². The van der Waals surface area contributed by atoms with Crippen molar-refractivity contribution < 1.29 is 18.3 Å². The third kappa shape index (κ3) is 1.79. The zero-order valence-electron chi connectivity index (χ0n) is 5.56. The molecule has 66 valence electrons. The number of alkyl halides is 2. The molecule has 0 spiro atoms. The molecule has 0 aromatic carbocycles. The van der Waals surface area contributed by atoms with Crippen molar-refractivity contribution >= 4 is 22.6 Å². The lowest BCUT2D eigenvalue weighted by atomic mass is 10.3. The van der Waals surface area contributed by atoms with Crippen molar-refractivity contribution in [1.82, 2.24) is 4.98 Å². The largest absolute Gasteiger partial charge is 0.506 e. The molecule has 6 heteroatoms. The maximum absolute atomic E-state index is 12.6. The van der Waals surface area contributed by atoms with Gasteiger partial charge in [0.15, 0.2) is 5.69 Å². The predicted octanol–water partition coefficient (Wildman–Crippen LogP) is 2.47. The molecule has 0 atom stereocenters. The average Bonchev–Trinajstić information content (AvgIpc) is 1.96. The van der Waals surface area contributed by atoms with Crippen LogP contribution < -0.4 is 0 Å². The van der Waals surface area contributed by atoms with Gasteiger partial charge in [-0.05, 0) is 28.7 Å². The number of hydrogen-bond donors (Lipinski definition) is 1. The highest BCUT2D eigenvalue weighted by Gasteiger charge is 2.17. The topological polar surface area (TPSA) is 33.1 Å². The van der Waals surface area contributed by atoms with Crippen molar-refractivity contribution in [3.63, 3.8) is 0 Å². The standard InChI is InChI=1S/C6H3F3INO/c7-5(8)4-3(12)1-2(10)6(9)11-4/h1,5,12H. The number of hydrogen-bond acceptors (Lipinski definition) is 2.